The Hall–Kier alpha value is -1.93. The Kier molecular flexibility index (Phi) is 8.07. The molecule has 33 heavy (non-hydrogen) atoms. The van der Waals surface area contributed by atoms with Crippen LogP contribution in [0.25, 0.3) is 0 Å². The smallest absolute Gasteiger partial charge is 0.126 e. The van der Waals surface area contributed by atoms with Crippen LogP contribution >= 0.6 is 38.4 Å². The van der Waals surface area contributed by atoms with E-state index in [-0.39, 0.29) is 2.90 Å². The lowest BCUT2D eigenvalue weighted by atomic mass is 10.3. The Balaban J connectivity index is 1.99. The van der Waals surface area contributed by atoms with Crippen molar-refractivity contribution in [1.82, 2.24) is 0 Å². The van der Waals surface area contributed by atoms with Crippen LogP contribution in [0.3, 0.4) is 0 Å². The van der Waals surface area contributed by atoms with E-state index in [0.29, 0.717) is 0 Å². The normalized spacial score (nSPS) is 14.7. The summed E-state index contributed by atoms with van der Waals surface area (Å²) < 4.78 is 11.6. The minimum absolute atomic E-state index is 0.131. The van der Waals surface area contributed by atoms with Crippen molar-refractivity contribution in [2.45, 2.75) is 9.83 Å². The summed E-state index contributed by atoms with van der Waals surface area (Å²) in [6.07, 6.45) is 0. The first kappa shape index (κ1) is 24.2. The zero-order valence-corrected chi connectivity index (χ0v) is 22.9. The van der Waals surface area contributed by atoms with E-state index in [1.54, 1.807) is 14.2 Å². The van der Waals surface area contributed by atoms with E-state index >= 15 is 0 Å². The van der Waals surface area contributed by atoms with Gasteiger partial charge in [-0.1, -0.05) is 120 Å². The fourth-order valence-electron chi connectivity index (χ4n) is 4.07. The molecule has 4 aromatic carbocycles. The summed E-state index contributed by atoms with van der Waals surface area (Å²) in [5, 5.41) is 5.20. The van der Waals surface area contributed by atoms with Gasteiger partial charge >= 0.3 is 0 Å². The molecule has 168 valence electrons. The molecule has 0 spiro atoms. The van der Waals surface area contributed by atoms with Gasteiger partial charge in [-0.05, 0) is 45.5 Å². The number of hydrogen-bond acceptors (Lipinski definition) is 2. The molecular formula is C28H27IO2P2. The summed E-state index contributed by atoms with van der Waals surface area (Å²) in [5.74, 6) is 1.89. The number of halogens is 1. The van der Waals surface area contributed by atoms with Gasteiger partial charge in [-0.2, -0.15) is 0 Å². The number of alkyl halides is 1. The molecule has 0 fully saturated rings. The van der Waals surface area contributed by atoms with Gasteiger partial charge in [-0.25, -0.2) is 0 Å². The summed E-state index contributed by atoms with van der Waals surface area (Å²) in [4.78, 5) is 0. The van der Waals surface area contributed by atoms with Gasteiger partial charge in [0.2, 0.25) is 0 Å². The molecule has 0 aliphatic rings. The Morgan fingerprint density at radius 1 is 0.545 bits per heavy atom. The molecule has 0 heterocycles. The summed E-state index contributed by atoms with van der Waals surface area (Å²) in [6, 6.07) is 38.7. The Morgan fingerprint density at radius 3 is 1.24 bits per heavy atom. The molecule has 0 aliphatic heterocycles. The molecule has 2 atom stereocenters. The molecule has 0 N–H and O–H groups in total. The summed E-state index contributed by atoms with van der Waals surface area (Å²) >= 11 is 2.73. The molecule has 0 bridgehead atoms. The standard InChI is InChI=1S/C28H27IO2P2/c1-28(29,32(22-14-6-4-7-15-22)26-20-12-10-18-24(26)30-2)33(23-16-8-5-9-17-23)27-21-13-11-19-25(27)31-3/h4-21H,1-3H3. The number of para-hydroxylation sites is 2. The van der Waals surface area contributed by atoms with E-state index in [2.05, 4.69) is 127 Å². The first-order chi connectivity index (χ1) is 16.1. The SMILES string of the molecule is COc1ccccc1P(c1ccccc1)C(C)(I)P(c1ccccc1)c1ccccc1OC. The van der Waals surface area contributed by atoms with Crippen molar-refractivity contribution < 1.29 is 9.47 Å². The molecule has 2 nitrogen and oxygen atoms in total. The average Bonchev–Trinajstić information content (AvgIpc) is 2.86. The van der Waals surface area contributed by atoms with E-state index in [0.717, 1.165) is 11.5 Å². The van der Waals surface area contributed by atoms with Crippen LogP contribution in [0.2, 0.25) is 0 Å². The lowest BCUT2D eigenvalue weighted by Crippen LogP contribution is -2.33. The highest BCUT2D eigenvalue weighted by Crippen LogP contribution is 2.69. The zero-order chi connectivity index (χ0) is 23.3. The number of hydrogen-bond donors (Lipinski definition) is 0. The van der Waals surface area contributed by atoms with E-state index in [4.69, 9.17) is 9.47 Å². The molecule has 0 amide bonds. The maximum absolute atomic E-state index is 5.87. The van der Waals surface area contributed by atoms with E-state index in [1.165, 1.54) is 21.2 Å². The van der Waals surface area contributed by atoms with Crippen LogP contribution < -0.4 is 30.7 Å². The maximum atomic E-state index is 5.87. The number of ether oxygens (including phenoxy) is 2. The number of methoxy groups -OCH3 is 2. The molecule has 0 aliphatic carbocycles. The van der Waals surface area contributed by atoms with Crippen molar-refractivity contribution in [2.75, 3.05) is 14.2 Å². The van der Waals surface area contributed by atoms with Crippen LogP contribution in [-0.2, 0) is 0 Å². The van der Waals surface area contributed by atoms with Crippen molar-refractivity contribution in [3.8, 4) is 11.5 Å². The van der Waals surface area contributed by atoms with Gasteiger partial charge in [-0.15, -0.1) is 0 Å². The molecule has 4 aromatic rings. The summed E-state index contributed by atoms with van der Waals surface area (Å²) in [7, 11) is 1.95. The van der Waals surface area contributed by atoms with E-state index in [1.807, 2.05) is 12.1 Å². The van der Waals surface area contributed by atoms with Crippen LogP contribution in [-0.4, -0.2) is 17.1 Å². The molecule has 0 saturated heterocycles. The highest BCUT2D eigenvalue weighted by Gasteiger charge is 2.44. The van der Waals surface area contributed by atoms with Gasteiger partial charge in [0.15, 0.2) is 0 Å². The predicted molar refractivity (Wildman–Crippen MR) is 154 cm³/mol. The molecule has 4 rings (SSSR count). The van der Waals surface area contributed by atoms with Crippen molar-refractivity contribution in [2.24, 2.45) is 0 Å². The molecule has 0 radical (unpaired) electrons. The van der Waals surface area contributed by atoms with Crippen LogP contribution in [0, 0.1) is 0 Å². The lowest BCUT2D eigenvalue weighted by Gasteiger charge is -2.41. The largest absolute Gasteiger partial charge is 0.496 e. The van der Waals surface area contributed by atoms with E-state index < -0.39 is 15.8 Å². The van der Waals surface area contributed by atoms with Gasteiger partial charge in [0, 0.05) is 10.6 Å². The number of benzene rings is 4. The second-order valence-corrected chi connectivity index (χ2v) is 16.9. The fourth-order valence-corrected chi connectivity index (χ4v) is 14.0. The monoisotopic (exact) mass is 584 g/mol. The maximum Gasteiger partial charge on any atom is 0.126 e. The summed E-state index contributed by atoms with van der Waals surface area (Å²) in [6.45, 7) is 2.41. The fraction of sp³-hybridized carbons (Fsp3) is 0.143. The van der Waals surface area contributed by atoms with E-state index in [9.17, 15) is 0 Å². The van der Waals surface area contributed by atoms with Gasteiger partial charge in [0.1, 0.15) is 11.5 Å². The third kappa shape index (κ3) is 5.11. The first-order valence-electron chi connectivity index (χ1n) is 10.7. The molecule has 5 heteroatoms. The van der Waals surface area contributed by atoms with Crippen molar-refractivity contribution in [3.63, 3.8) is 0 Å². The van der Waals surface area contributed by atoms with Gasteiger partial charge in [0.25, 0.3) is 0 Å². The van der Waals surface area contributed by atoms with Crippen molar-refractivity contribution >= 4 is 59.7 Å². The van der Waals surface area contributed by atoms with Crippen LogP contribution in [0.1, 0.15) is 6.92 Å². The predicted octanol–water partition coefficient (Wildman–Crippen LogP) is 6.38. The van der Waals surface area contributed by atoms with Gasteiger partial charge < -0.3 is 9.47 Å². The zero-order valence-electron chi connectivity index (χ0n) is 19.0. The highest BCUT2D eigenvalue weighted by atomic mass is 127. The third-order valence-corrected chi connectivity index (χ3v) is 14.6. The quantitative estimate of drug-likeness (QED) is 0.136. The molecule has 2 unspecified atom stereocenters. The molecule has 0 saturated carbocycles. The van der Waals surface area contributed by atoms with Crippen molar-refractivity contribution in [1.29, 1.82) is 0 Å². The topological polar surface area (TPSA) is 18.5 Å². The van der Waals surface area contributed by atoms with Crippen LogP contribution in [0.5, 0.6) is 11.5 Å². The lowest BCUT2D eigenvalue weighted by molar-refractivity contribution is 0.418. The van der Waals surface area contributed by atoms with Crippen molar-refractivity contribution in [3.05, 3.63) is 109 Å². The van der Waals surface area contributed by atoms with Gasteiger partial charge in [0.05, 0.1) is 17.1 Å². The second-order valence-electron chi connectivity index (χ2n) is 7.59. The minimum atomic E-state index is -0.790. The van der Waals surface area contributed by atoms with Crippen LogP contribution in [0.4, 0.5) is 0 Å². The van der Waals surface area contributed by atoms with Gasteiger partial charge in [-0.3, -0.25) is 0 Å². The molecular weight excluding hydrogens is 557 g/mol. The summed E-state index contributed by atoms with van der Waals surface area (Å²) in [5.41, 5.74) is 0. The minimum Gasteiger partial charge on any atom is -0.496 e. The Bertz CT molecular complexity index is 1090. The Labute approximate surface area is 213 Å². The first-order valence-corrected chi connectivity index (χ1v) is 14.5. The van der Waals surface area contributed by atoms with Crippen LogP contribution in [0.15, 0.2) is 109 Å². The molecule has 0 aromatic heterocycles. The number of rotatable bonds is 8. The Morgan fingerprint density at radius 2 is 0.879 bits per heavy atom. The third-order valence-electron chi connectivity index (χ3n) is 5.50. The average molecular weight is 584 g/mol. The second kappa shape index (κ2) is 11.0. The highest BCUT2D eigenvalue weighted by molar-refractivity contribution is 14.1.